The zero-order chi connectivity index (χ0) is 17.4. The molecule has 0 aliphatic heterocycles. The van der Waals surface area contributed by atoms with Crippen LogP contribution in [0.15, 0.2) is 17.2 Å². The van der Waals surface area contributed by atoms with Crippen LogP contribution in [0.1, 0.15) is 33.5 Å². The van der Waals surface area contributed by atoms with Gasteiger partial charge in [0.15, 0.2) is 0 Å². The van der Waals surface area contributed by atoms with Crippen molar-refractivity contribution in [1.82, 2.24) is 25.1 Å². The van der Waals surface area contributed by atoms with Gasteiger partial charge in [-0.3, -0.25) is 14.7 Å². The maximum atomic E-state index is 12.6. The Morgan fingerprint density at radius 2 is 2.21 bits per heavy atom. The molecular weight excluding hydrogens is 326 g/mol. The fourth-order valence-corrected chi connectivity index (χ4v) is 3.70. The topological polar surface area (TPSA) is 92.7 Å². The zero-order valence-corrected chi connectivity index (χ0v) is 14.8. The Hall–Kier alpha value is -2.48. The average Bonchev–Trinajstić information content (AvgIpc) is 3.07. The number of amides is 1. The van der Waals surface area contributed by atoms with E-state index in [1.54, 1.807) is 14.0 Å². The average molecular weight is 345 g/mol. The normalized spacial score (nSPS) is 12.5. The number of thiophene rings is 1. The lowest BCUT2D eigenvalue weighted by molar-refractivity contribution is 0.0943. The van der Waals surface area contributed by atoms with Crippen molar-refractivity contribution in [3.63, 3.8) is 0 Å². The highest BCUT2D eigenvalue weighted by Gasteiger charge is 2.20. The lowest BCUT2D eigenvalue weighted by Crippen LogP contribution is -2.34. The standard InChI is InChI=1S/C16H19N5O2S/c1-8(5-11-6-9(2)19-20-11)18-14(22)13-10(3)12-15(24-13)17-7-21(4)16(12)23/h6-8H,5H2,1-4H3,(H,18,22)(H,19,20). The van der Waals surface area contributed by atoms with E-state index >= 15 is 0 Å². The summed E-state index contributed by atoms with van der Waals surface area (Å²) in [5, 5.41) is 10.6. The summed E-state index contributed by atoms with van der Waals surface area (Å²) in [5.41, 5.74) is 2.45. The number of carbonyl (C=O) groups excluding carboxylic acids is 1. The van der Waals surface area contributed by atoms with Gasteiger partial charge in [0.1, 0.15) is 4.83 Å². The second-order valence-corrected chi connectivity index (χ2v) is 7.02. The minimum absolute atomic E-state index is 0.0689. The second-order valence-electron chi connectivity index (χ2n) is 6.02. The Morgan fingerprint density at radius 1 is 1.46 bits per heavy atom. The minimum atomic E-state index is -0.183. The number of hydrogen-bond donors (Lipinski definition) is 2. The van der Waals surface area contributed by atoms with E-state index in [9.17, 15) is 9.59 Å². The molecule has 1 unspecified atom stereocenters. The predicted molar refractivity (Wildman–Crippen MR) is 93.6 cm³/mol. The van der Waals surface area contributed by atoms with Gasteiger partial charge in [-0.2, -0.15) is 5.10 Å². The monoisotopic (exact) mass is 345 g/mol. The molecule has 1 amide bonds. The lowest BCUT2D eigenvalue weighted by atomic mass is 10.1. The number of aromatic nitrogens is 4. The molecule has 2 N–H and O–H groups in total. The van der Waals surface area contributed by atoms with Crippen molar-refractivity contribution in [1.29, 1.82) is 0 Å². The maximum absolute atomic E-state index is 12.6. The van der Waals surface area contributed by atoms with Gasteiger partial charge in [-0.05, 0) is 32.4 Å². The van der Waals surface area contributed by atoms with Crippen LogP contribution in [0.4, 0.5) is 0 Å². The molecule has 3 aromatic heterocycles. The summed E-state index contributed by atoms with van der Waals surface area (Å²) in [7, 11) is 1.65. The lowest BCUT2D eigenvalue weighted by Gasteiger charge is -2.12. The molecule has 1 atom stereocenters. The fourth-order valence-electron chi connectivity index (χ4n) is 2.66. The van der Waals surface area contributed by atoms with E-state index < -0.39 is 0 Å². The molecule has 0 aliphatic rings. The molecule has 0 saturated carbocycles. The van der Waals surface area contributed by atoms with Crippen LogP contribution < -0.4 is 10.9 Å². The third-order valence-electron chi connectivity index (χ3n) is 3.87. The van der Waals surface area contributed by atoms with E-state index in [-0.39, 0.29) is 17.5 Å². The van der Waals surface area contributed by atoms with Crippen LogP contribution in [0.5, 0.6) is 0 Å². The van der Waals surface area contributed by atoms with Crippen molar-refractivity contribution in [2.45, 2.75) is 33.2 Å². The molecule has 0 spiro atoms. The van der Waals surface area contributed by atoms with Crippen LogP contribution in [0.25, 0.3) is 10.2 Å². The van der Waals surface area contributed by atoms with Crippen LogP contribution in [-0.2, 0) is 13.5 Å². The summed E-state index contributed by atoms with van der Waals surface area (Å²) >= 11 is 1.25. The Morgan fingerprint density at radius 3 is 2.88 bits per heavy atom. The molecule has 0 fully saturated rings. The molecule has 3 heterocycles. The Bertz CT molecular complexity index is 969. The number of H-pyrrole nitrogens is 1. The molecule has 0 radical (unpaired) electrons. The van der Waals surface area contributed by atoms with Gasteiger partial charge in [0.2, 0.25) is 0 Å². The van der Waals surface area contributed by atoms with E-state index in [0.29, 0.717) is 27.1 Å². The van der Waals surface area contributed by atoms with E-state index in [2.05, 4.69) is 20.5 Å². The van der Waals surface area contributed by atoms with Crippen LogP contribution in [-0.4, -0.2) is 31.7 Å². The van der Waals surface area contributed by atoms with Crippen LogP contribution in [0.2, 0.25) is 0 Å². The van der Waals surface area contributed by atoms with Gasteiger partial charge in [0.05, 0.1) is 22.3 Å². The third-order valence-corrected chi connectivity index (χ3v) is 5.07. The highest BCUT2D eigenvalue weighted by molar-refractivity contribution is 7.20. The van der Waals surface area contributed by atoms with Crippen molar-refractivity contribution >= 4 is 27.5 Å². The van der Waals surface area contributed by atoms with E-state index in [4.69, 9.17) is 0 Å². The summed E-state index contributed by atoms with van der Waals surface area (Å²) < 4.78 is 1.42. The first-order valence-electron chi connectivity index (χ1n) is 7.63. The molecule has 7 nitrogen and oxygen atoms in total. The number of fused-ring (bicyclic) bond motifs is 1. The Labute approximate surface area is 142 Å². The largest absolute Gasteiger partial charge is 0.348 e. The molecular formula is C16H19N5O2S. The first kappa shape index (κ1) is 16.4. The summed E-state index contributed by atoms with van der Waals surface area (Å²) in [4.78, 5) is 30.2. The van der Waals surface area contributed by atoms with Gasteiger partial charge < -0.3 is 9.88 Å². The summed E-state index contributed by atoms with van der Waals surface area (Å²) in [5.74, 6) is -0.183. The van der Waals surface area contributed by atoms with Crippen LogP contribution >= 0.6 is 11.3 Å². The Kier molecular flexibility index (Phi) is 4.23. The number of carbonyl (C=O) groups is 1. The fraction of sp³-hybridized carbons (Fsp3) is 0.375. The van der Waals surface area contributed by atoms with Crippen molar-refractivity contribution in [3.8, 4) is 0 Å². The number of nitrogens with zero attached hydrogens (tertiary/aromatic N) is 3. The molecule has 0 aliphatic carbocycles. The third kappa shape index (κ3) is 2.96. The van der Waals surface area contributed by atoms with Crippen LogP contribution in [0.3, 0.4) is 0 Å². The van der Waals surface area contributed by atoms with Crippen molar-refractivity contribution in [3.05, 3.63) is 44.6 Å². The van der Waals surface area contributed by atoms with Gasteiger partial charge in [0.25, 0.3) is 11.5 Å². The van der Waals surface area contributed by atoms with E-state index in [1.165, 1.54) is 22.2 Å². The number of hydrogen-bond acceptors (Lipinski definition) is 5. The molecule has 0 saturated heterocycles. The van der Waals surface area contributed by atoms with E-state index in [0.717, 1.165) is 11.4 Å². The van der Waals surface area contributed by atoms with Crippen molar-refractivity contribution in [2.75, 3.05) is 0 Å². The van der Waals surface area contributed by atoms with E-state index in [1.807, 2.05) is 19.9 Å². The number of rotatable bonds is 4. The smallest absolute Gasteiger partial charge is 0.262 e. The molecule has 8 heteroatoms. The second kappa shape index (κ2) is 6.20. The highest BCUT2D eigenvalue weighted by atomic mass is 32.1. The first-order chi connectivity index (χ1) is 11.4. The molecule has 126 valence electrons. The summed E-state index contributed by atoms with van der Waals surface area (Å²) in [6.07, 6.45) is 2.12. The van der Waals surface area contributed by atoms with Gasteiger partial charge in [0, 0.05) is 25.2 Å². The number of nitrogens with one attached hydrogen (secondary N) is 2. The van der Waals surface area contributed by atoms with Crippen molar-refractivity contribution in [2.24, 2.45) is 7.05 Å². The first-order valence-corrected chi connectivity index (χ1v) is 8.45. The molecule has 0 bridgehead atoms. The molecule has 24 heavy (non-hydrogen) atoms. The molecule has 3 rings (SSSR count). The highest BCUT2D eigenvalue weighted by Crippen LogP contribution is 2.26. The molecule has 0 aromatic carbocycles. The van der Waals surface area contributed by atoms with Crippen LogP contribution in [0, 0.1) is 13.8 Å². The zero-order valence-electron chi connectivity index (χ0n) is 14.0. The summed E-state index contributed by atoms with van der Waals surface area (Å²) in [6.45, 7) is 5.66. The van der Waals surface area contributed by atoms with Gasteiger partial charge in [-0.15, -0.1) is 11.3 Å². The quantitative estimate of drug-likeness (QED) is 0.753. The number of aromatic amines is 1. The van der Waals surface area contributed by atoms with Gasteiger partial charge in [-0.25, -0.2) is 4.98 Å². The molecule has 3 aromatic rings. The number of aryl methyl sites for hydroxylation is 3. The SMILES string of the molecule is Cc1cc(CC(C)NC(=O)c2sc3ncn(C)c(=O)c3c2C)n[nH]1. The van der Waals surface area contributed by atoms with Gasteiger partial charge in [-0.1, -0.05) is 0 Å². The summed E-state index contributed by atoms with van der Waals surface area (Å²) in [6, 6.07) is 1.89. The predicted octanol–water partition coefficient (Wildman–Crippen LogP) is 1.70. The Balaban J connectivity index is 1.82. The van der Waals surface area contributed by atoms with Crippen molar-refractivity contribution < 1.29 is 4.79 Å². The minimum Gasteiger partial charge on any atom is -0.348 e. The van der Waals surface area contributed by atoms with Gasteiger partial charge >= 0.3 is 0 Å². The maximum Gasteiger partial charge on any atom is 0.262 e.